The van der Waals surface area contributed by atoms with Gasteiger partial charge in [0.2, 0.25) is 0 Å². The summed E-state index contributed by atoms with van der Waals surface area (Å²) in [5.74, 6) is 0. The fourth-order valence-electron chi connectivity index (χ4n) is 1.53. The number of nitrogens with zero attached hydrogens (tertiary/aromatic N) is 3. The largest absolute Gasteiger partial charge is 0.389 e. The molecule has 1 heterocycles. The lowest BCUT2D eigenvalue weighted by molar-refractivity contribution is 0.0876. The van der Waals surface area contributed by atoms with Crippen molar-refractivity contribution in [1.29, 1.82) is 5.26 Å². The van der Waals surface area contributed by atoms with Crippen LogP contribution in [0.2, 0.25) is 0 Å². The Morgan fingerprint density at radius 1 is 1.56 bits per heavy atom. The van der Waals surface area contributed by atoms with Gasteiger partial charge in [-0.25, -0.2) is 4.98 Å². The van der Waals surface area contributed by atoms with Crippen LogP contribution >= 0.6 is 0 Å². The van der Waals surface area contributed by atoms with Crippen LogP contribution in [-0.2, 0) is 0 Å². The molecule has 0 amide bonds. The molecule has 0 radical (unpaired) electrons. The van der Waals surface area contributed by atoms with Crippen LogP contribution in [0.3, 0.4) is 0 Å². The third kappa shape index (κ3) is 3.52. The van der Waals surface area contributed by atoms with Crippen LogP contribution in [0.25, 0.3) is 0 Å². The van der Waals surface area contributed by atoms with Crippen molar-refractivity contribution in [2.45, 2.75) is 26.4 Å². The molecule has 4 nitrogen and oxygen atoms in total. The maximum absolute atomic E-state index is 9.78. The first-order chi connectivity index (χ1) is 7.46. The van der Waals surface area contributed by atoms with Crippen molar-refractivity contribution in [3.05, 3.63) is 24.0 Å². The molecule has 0 saturated carbocycles. The molecule has 1 rings (SSSR count). The summed E-state index contributed by atoms with van der Waals surface area (Å²) in [5.41, 5.74) is 0.550. The number of hydrogen-bond acceptors (Lipinski definition) is 4. The second kappa shape index (κ2) is 4.95. The number of aliphatic hydroxyl groups is 1. The predicted octanol–water partition coefficient (Wildman–Crippen LogP) is 1.55. The van der Waals surface area contributed by atoms with Crippen molar-refractivity contribution < 1.29 is 5.11 Å². The molecule has 0 bridgehead atoms. The summed E-state index contributed by atoms with van der Waals surface area (Å²) >= 11 is 0. The van der Waals surface area contributed by atoms with Crippen LogP contribution in [0.4, 0.5) is 5.69 Å². The molecule has 0 unspecified atom stereocenters. The SMILES string of the molecule is CCN(CC(C)(C)O)c1ccnc(C#N)c1. The summed E-state index contributed by atoms with van der Waals surface area (Å²) in [6.45, 7) is 6.85. The molecular weight excluding hydrogens is 202 g/mol. The Bertz CT molecular complexity index is 390. The lowest BCUT2D eigenvalue weighted by atomic mass is 10.1. The van der Waals surface area contributed by atoms with Gasteiger partial charge in [0.25, 0.3) is 0 Å². The van der Waals surface area contributed by atoms with E-state index in [1.165, 1.54) is 0 Å². The highest BCUT2D eigenvalue weighted by atomic mass is 16.3. The normalized spacial score (nSPS) is 10.9. The zero-order valence-electron chi connectivity index (χ0n) is 9.94. The standard InChI is InChI=1S/C12H17N3O/c1-4-15(9-12(2,3)16)11-5-6-14-10(7-11)8-13/h5-7,16H,4,9H2,1-3H3. The molecule has 16 heavy (non-hydrogen) atoms. The maximum atomic E-state index is 9.78. The average molecular weight is 219 g/mol. The van der Waals surface area contributed by atoms with Gasteiger partial charge in [-0.1, -0.05) is 0 Å². The topological polar surface area (TPSA) is 60.1 Å². The van der Waals surface area contributed by atoms with Crippen LogP contribution in [0.15, 0.2) is 18.3 Å². The van der Waals surface area contributed by atoms with Gasteiger partial charge in [-0.2, -0.15) is 5.26 Å². The van der Waals surface area contributed by atoms with Crippen molar-refractivity contribution in [3.8, 4) is 6.07 Å². The molecule has 0 aromatic carbocycles. The molecule has 1 aromatic rings. The van der Waals surface area contributed by atoms with Gasteiger partial charge in [0.05, 0.1) is 5.60 Å². The Kier molecular flexibility index (Phi) is 3.86. The highest BCUT2D eigenvalue weighted by Crippen LogP contribution is 2.17. The highest BCUT2D eigenvalue weighted by molar-refractivity contribution is 5.48. The van der Waals surface area contributed by atoms with Gasteiger partial charge in [0.15, 0.2) is 0 Å². The maximum Gasteiger partial charge on any atom is 0.142 e. The average Bonchev–Trinajstić information content (AvgIpc) is 2.25. The molecule has 86 valence electrons. The Balaban J connectivity index is 2.91. The van der Waals surface area contributed by atoms with Gasteiger partial charge in [-0.05, 0) is 32.9 Å². The summed E-state index contributed by atoms with van der Waals surface area (Å²) in [4.78, 5) is 5.94. The molecule has 1 aromatic heterocycles. The fraction of sp³-hybridized carbons (Fsp3) is 0.500. The molecule has 0 aliphatic rings. The van der Waals surface area contributed by atoms with E-state index in [4.69, 9.17) is 5.26 Å². The Hall–Kier alpha value is -1.60. The van der Waals surface area contributed by atoms with Crippen molar-refractivity contribution in [1.82, 2.24) is 4.98 Å². The molecule has 0 aliphatic heterocycles. The summed E-state index contributed by atoms with van der Waals surface area (Å²) in [6.07, 6.45) is 1.61. The smallest absolute Gasteiger partial charge is 0.142 e. The van der Waals surface area contributed by atoms with E-state index < -0.39 is 5.60 Å². The first kappa shape index (κ1) is 12.5. The number of anilines is 1. The van der Waals surface area contributed by atoms with Crippen LogP contribution < -0.4 is 4.90 Å². The quantitative estimate of drug-likeness (QED) is 0.834. The lowest BCUT2D eigenvalue weighted by Crippen LogP contribution is -2.38. The van der Waals surface area contributed by atoms with E-state index in [2.05, 4.69) is 4.98 Å². The summed E-state index contributed by atoms with van der Waals surface area (Å²) in [6, 6.07) is 5.58. The van der Waals surface area contributed by atoms with Gasteiger partial charge >= 0.3 is 0 Å². The molecule has 1 N–H and O–H groups in total. The Morgan fingerprint density at radius 2 is 2.25 bits per heavy atom. The molecule has 4 heteroatoms. The molecule has 0 fully saturated rings. The van der Waals surface area contributed by atoms with Crippen molar-refractivity contribution in [2.24, 2.45) is 0 Å². The molecule has 0 saturated heterocycles. The fourth-order valence-corrected chi connectivity index (χ4v) is 1.53. The van der Waals surface area contributed by atoms with E-state index in [0.29, 0.717) is 12.2 Å². The molecule has 0 spiro atoms. The minimum Gasteiger partial charge on any atom is -0.389 e. The van der Waals surface area contributed by atoms with E-state index in [9.17, 15) is 5.11 Å². The Labute approximate surface area is 96.2 Å². The second-order valence-electron chi connectivity index (χ2n) is 4.34. The van der Waals surface area contributed by atoms with Gasteiger partial charge in [0, 0.05) is 25.0 Å². The van der Waals surface area contributed by atoms with Crippen LogP contribution in [0.1, 0.15) is 26.5 Å². The van der Waals surface area contributed by atoms with Crippen LogP contribution in [0.5, 0.6) is 0 Å². The summed E-state index contributed by atoms with van der Waals surface area (Å²) in [5, 5.41) is 18.6. The van der Waals surface area contributed by atoms with E-state index in [0.717, 1.165) is 12.2 Å². The van der Waals surface area contributed by atoms with Gasteiger partial charge in [-0.15, -0.1) is 0 Å². The second-order valence-corrected chi connectivity index (χ2v) is 4.34. The van der Waals surface area contributed by atoms with Gasteiger partial charge < -0.3 is 10.0 Å². The van der Waals surface area contributed by atoms with E-state index in [1.54, 1.807) is 26.1 Å². The van der Waals surface area contributed by atoms with Crippen LogP contribution in [0, 0.1) is 11.3 Å². The monoisotopic (exact) mass is 219 g/mol. The Morgan fingerprint density at radius 3 is 2.75 bits per heavy atom. The van der Waals surface area contributed by atoms with Gasteiger partial charge in [0.1, 0.15) is 11.8 Å². The van der Waals surface area contributed by atoms with Crippen molar-refractivity contribution >= 4 is 5.69 Å². The van der Waals surface area contributed by atoms with Crippen LogP contribution in [-0.4, -0.2) is 28.8 Å². The summed E-state index contributed by atoms with van der Waals surface area (Å²) < 4.78 is 0. The van der Waals surface area contributed by atoms with E-state index >= 15 is 0 Å². The first-order valence-electron chi connectivity index (χ1n) is 5.30. The third-order valence-corrected chi connectivity index (χ3v) is 2.18. The number of nitriles is 1. The number of rotatable bonds is 4. The minimum absolute atomic E-state index is 0.395. The van der Waals surface area contributed by atoms with Gasteiger partial charge in [-0.3, -0.25) is 0 Å². The number of pyridine rings is 1. The minimum atomic E-state index is -0.758. The molecule has 0 aliphatic carbocycles. The van der Waals surface area contributed by atoms with Crippen molar-refractivity contribution in [2.75, 3.05) is 18.0 Å². The highest BCUT2D eigenvalue weighted by Gasteiger charge is 2.17. The molecule has 0 atom stereocenters. The number of likely N-dealkylation sites (N-methyl/N-ethyl adjacent to an activating group) is 1. The number of hydrogen-bond donors (Lipinski definition) is 1. The lowest BCUT2D eigenvalue weighted by Gasteiger charge is -2.29. The number of aromatic nitrogens is 1. The zero-order chi connectivity index (χ0) is 12.2. The third-order valence-electron chi connectivity index (χ3n) is 2.18. The summed E-state index contributed by atoms with van der Waals surface area (Å²) in [7, 11) is 0. The predicted molar refractivity (Wildman–Crippen MR) is 63.1 cm³/mol. The molecular formula is C12H17N3O. The van der Waals surface area contributed by atoms with E-state index in [1.807, 2.05) is 24.0 Å². The van der Waals surface area contributed by atoms with Crippen molar-refractivity contribution in [3.63, 3.8) is 0 Å². The van der Waals surface area contributed by atoms with E-state index in [-0.39, 0.29) is 0 Å². The zero-order valence-corrected chi connectivity index (χ0v) is 9.94. The first-order valence-corrected chi connectivity index (χ1v) is 5.30.